The molecule has 98 valence electrons. The first-order valence-electron chi connectivity index (χ1n) is 6.05. The molecule has 2 atom stereocenters. The summed E-state index contributed by atoms with van der Waals surface area (Å²) in [4.78, 5) is 4.31. The van der Waals surface area contributed by atoms with Crippen molar-refractivity contribution in [3.8, 4) is 0 Å². The van der Waals surface area contributed by atoms with E-state index in [1.807, 2.05) is 13.1 Å². The Labute approximate surface area is 103 Å². The molecule has 0 aliphatic carbocycles. The number of ether oxygens (including phenoxy) is 2. The van der Waals surface area contributed by atoms with Crippen LogP contribution in [-0.2, 0) is 9.47 Å². The van der Waals surface area contributed by atoms with Crippen LogP contribution < -0.4 is 5.32 Å². The molecule has 1 rings (SSSR count). The number of aromatic nitrogens is 2. The largest absolute Gasteiger partial charge is 0.383 e. The van der Waals surface area contributed by atoms with Gasteiger partial charge in [0.1, 0.15) is 0 Å². The molecule has 0 aromatic carbocycles. The number of rotatable bonds is 8. The highest BCUT2D eigenvalue weighted by atomic mass is 16.5. The van der Waals surface area contributed by atoms with Crippen molar-refractivity contribution >= 4 is 5.95 Å². The van der Waals surface area contributed by atoms with Gasteiger partial charge in [-0.3, -0.25) is 0 Å². The molecule has 0 aliphatic heterocycles. The van der Waals surface area contributed by atoms with Gasteiger partial charge >= 0.3 is 0 Å². The fourth-order valence-electron chi connectivity index (χ4n) is 1.66. The zero-order chi connectivity index (χ0) is 12.7. The van der Waals surface area contributed by atoms with Crippen molar-refractivity contribution in [1.82, 2.24) is 9.55 Å². The van der Waals surface area contributed by atoms with Crippen LogP contribution in [0, 0.1) is 0 Å². The lowest BCUT2D eigenvalue weighted by molar-refractivity contribution is 0.140. The summed E-state index contributed by atoms with van der Waals surface area (Å²) in [5.74, 6) is 0.863. The monoisotopic (exact) mass is 241 g/mol. The average Bonchev–Trinajstić information content (AvgIpc) is 2.75. The van der Waals surface area contributed by atoms with Crippen LogP contribution in [0.25, 0.3) is 0 Å². The highest BCUT2D eigenvalue weighted by Crippen LogP contribution is 2.14. The lowest BCUT2D eigenvalue weighted by atomic mass is 10.3. The van der Waals surface area contributed by atoms with Crippen molar-refractivity contribution in [2.45, 2.75) is 32.9 Å². The lowest BCUT2D eigenvalue weighted by Gasteiger charge is -2.19. The van der Waals surface area contributed by atoms with Crippen LogP contribution in [0.5, 0.6) is 0 Å². The van der Waals surface area contributed by atoms with Crippen molar-refractivity contribution in [2.24, 2.45) is 0 Å². The number of hydrogen-bond acceptors (Lipinski definition) is 4. The van der Waals surface area contributed by atoms with Gasteiger partial charge in [-0.1, -0.05) is 0 Å². The third-order valence-corrected chi connectivity index (χ3v) is 2.50. The van der Waals surface area contributed by atoms with E-state index >= 15 is 0 Å². The molecule has 5 nitrogen and oxygen atoms in total. The fourth-order valence-corrected chi connectivity index (χ4v) is 1.66. The van der Waals surface area contributed by atoms with E-state index in [4.69, 9.17) is 9.47 Å². The SMILES string of the molecule is CCOCC(C)Nc1nccn1C(C)COC. The predicted octanol–water partition coefficient (Wildman–Crippen LogP) is 1.93. The highest BCUT2D eigenvalue weighted by Gasteiger charge is 2.11. The first-order valence-corrected chi connectivity index (χ1v) is 6.05. The van der Waals surface area contributed by atoms with Gasteiger partial charge in [-0.2, -0.15) is 0 Å². The predicted molar refractivity (Wildman–Crippen MR) is 68.4 cm³/mol. The van der Waals surface area contributed by atoms with Gasteiger partial charge in [0, 0.05) is 32.2 Å². The quantitative estimate of drug-likeness (QED) is 0.755. The Balaban J connectivity index is 2.56. The van der Waals surface area contributed by atoms with Gasteiger partial charge in [0.05, 0.1) is 19.3 Å². The molecule has 0 amide bonds. The van der Waals surface area contributed by atoms with Gasteiger partial charge in [0.2, 0.25) is 5.95 Å². The molecule has 0 fully saturated rings. The summed E-state index contributed by atoms with van der Waals surface area (Å²) in [6.07, 6.45) is 3.75. The summed E-state index contributed by atoms with van der Waals surface area (Å²) in [7, 11) is 1.71. The molecule has 1 aromatic rings. The maximum absolute atomic E-state index is 5.37. The minimum absolute atomic E-state index is 0.242. The van der Waals surface area contributed by atoms with Crippen LogP contribution >= 0.6 is 0 Å². The van der Waals surface area contributed by atoms with Gasteiger partial charge < -0.3 is 19.4 Å². The van der Waals surface area contributed by atoms with Gasteiger partial charge in [0.15, 0.2) is 0 Å². The van der Waals surface area contributed by atoms with Gasteiger partial charge in [-0.25, -0.2) is 4.98 Å². The Kier molecular flexibility index (Phi) is 6.00. The van der Waals surface area contributed by atoms with Crippen molar-refractivity contribution in [3.63, 3.8) is 0 Å². The second-order valence-electron chi connectivity index (χ2n) is 4.17. The minimum Gasteiger partial charge on any atom is -0.383 e. The second-order valence-corrected chi connectivity index (χ2v) is 4.17. The number of nitrogens with zero attached hydrogens (tertiary/aromatic N) is 2. The van der Waals surface area contributed by atoms with Crippen LogP contribution in [0.2, 0.25) is 0 Å². The second kappa shape index (κ2) is 7.29. The van der Waals surface area contributed by atoms with Crippen LogP contribution in [0.4, 0.5) is 5.95 Å². The molecule has 0 bridgehead atoms. The Bertz CT molecular complexity index is 314. The summed E-state index contributed by atoms with van der Waals surface area (Å²) in [5, 5.41) is 3.34. The van der Waals surface area contributed by atoms with E-state index in [2.05, 4.69) is 28.7 Å². The third kappa shape index (κ3) is 4.36. The highest BCUT2D eigenvalue weighted by molar-refractivity contribution is 5.28. The standard InChI is InChI=1S/C12H23N3O2/c1-5-17-8-10(2)14-12-13-6-7-15(12)11(3)9-16-4/h6-7,10-11H,5,8-9H2,1-4H3,(H,13,14). The molecule has 1 N–H and O–H groups in total. The molecular weight excluding hydrogens is 218 g/mol. The average molecular weight is 241 g/mol. The molecule has 0 saturated heterocycles. The molecular formula is C12H23N3O2. The third-order valence-electron chi connectivity index (χ3n) is 2.50. The molecule has 0 spiro atoms. The fraction of sp³-hybridized carbons (Fsp3) is 0.750. The molecule has 17 heavy (non-hydrogen) atoms. The topological polar surface area (TPSA) is 48.3 Å². The van der Waals surface area contributed by atoms with E-state index in [0.29, 0.717) is 13.2 Å². The van der Waals surface area contributed by atoms with E-state index in [1.54, 1.807) is 13.3 Å². The molecule has 1 aromatic heterocycles. The van der Waals surface area contributed by atoms with Gasteiger partial charge in [0.25, 0.3) is 0 Å². The summed E-state index contributed by atoms with van der Waals surface area (Å²) < 4.78 is 12.6. The van der Waals surface area contributed by atoms with E-state index in [9.17, 15) is 0 Å². The molecule has 0 aliphatic rings. The Morgan fingerprint density at radius 1 is 1.41 bits per heavy atom. The Morgan fingerprint density at radius 2 is 2.18 bits per heavy atom. The lowest BCUT2D eigenvalue weighted by Crippen LogP contribution is -2.25. The molecule has 0 radical (unpaired) electrons. The molecule has 5 heteroatoms. The van der Waals surface area contributed by atoms with Crippen molar-refractivity contribution in [3.05, 3.63) is 12.4 Å². The van der Waals surface area contributed by atoms with Crippen molar-refractivity contribution in [2.75, 3.05) is 32.2 Å². The normalized spacial score (nSPS) is 14.6. The van der Waals surface area contributed by atoms with Crippen LogP contribution in [0.3, 0.4) is 0 Å². The number of nitrogens with one attached hydrogen (secondary N) is 1. The Morgan fingerprint density at radius 3 is 2.82 bits per heavy atom. The zero-order valence-electron chi connectivity index (χ0n) is 11.1. The van der Waals surface area contributed by atoms with E-state index in [0.717, 1.165) is 12.6 Å². The molecule has 0 saturated carbocycles. The summed E-state index contributed by atoms with van der Waals surface area (Å²) in [6, 6.07) is 0.509. The van der Waals surface area contributed by atoms with Crippen LogP contribution in [0.15, 0.2) is 12.4 Å². The van der Waals surface area contributed by atoms with E-state index < -0.39 is 0 Å². The van der Waals surface area contributed by atoms with Gasteiger partial charge in [-0.05, 0) is 20.8 Å². The maximum atomic E-state index is 5.37. The van der Waals surface area contributed by atoms with Crippen molar-refractivity contribution < 1.29 is 9.47 Å². The summed E-state index contributed by atoms with van der Waals surface area (Å²) >= 11 is 0. The smallest absolute Gasteiger partial charge is 0.203 e. The summed E-state index contributed by atoms with van der Waals surface area (Å²) in [5.41, 5.74) is 0. The number of hydrogen-bond donors (Lipinski definition) is 1. The first-order chi connectivity index (χ1) is 8.19. The van der Waals surface area contributed by atoms with Gasteiger partial charge in [-0.15, -0.1) is 0 Å². The number of methoxy groups -OCH3 is 1. The van der Waals surface area contributed by atoms with Crippen LogP contribution in [-0.4, -0.2) is 42.5 Å². The molecule has 2 unspecified atom stereocenters. The zero-order valence-corrected chi connectivity index (χ0v) is 11.1. The number of imidazole rings is 1. The summed E-state index contributed by atoms with van der Waals surface area (Å²) in [6.45, 7) is 8.26. The first kappa shape index (κ1) is 14.0. The maximum Gasteiger partial charge on any atom is 0.203 e. The number of anilines is 1. The van der Waals surface area contributed by atoms with E-state index in [-0.39, 0.29) is 12.1 Å². The molecule has 1 heterocycles. The Hall–Kier alpha value is -1.07. The van der Waals surface area contributed by atoms with E-state index in [1.165, 1.54) is 0 Å². The van der Waals surface area contributed by atoms with Crippen molar-refractivity contribution in [1.29, 1.82) is 0 Å². The van der Waals surface area contributed by atoms with Crippen LogP contribution in [0.1, 0.15) is 26.8 Å². The minimum atomic E-state index is 0.242.